The molecule has 0 fully saturated rings. The lowest BCUT2D eigenvalue weighted by atomic mass is 10.8. The predicted molar refractivity (Wildman–Crippen MR) is 34.5 cm³/mol. The van der Waals surface area contributed by atoms with Gasteiger partial charge in [-0.3, -0.25) is 0 Å². The molecule has 0 rings (SSSR count). The van der Waals surface area contributed by atoms with Gasteiger partial charge in [-0.1, -0.05) is 0 Å². The predicted octanol–water partition coefficient (Wildman–Crippen LogP) is -1.06. The molecule has 0 saturated heterocycles. The zero-order chi connectivity index (χ0) is 9.07. The quantitative estimate of drug-likeness (QED) is 0.544. The van der Waals surface area contributed by atoms with Crippen LogP contribution in [0.5, 0.6) is 0 Å². The van der Waals surface area contributed by atoms with Crippen LogP contribution in [0.1, 0.15) is 13.8 Å². The molecular formula is C4H10O6S. The molecule has 6 nitrogen and oxygen atoms in total. The minimum absolute atomic E-state index is 1.10. The van der Waals surface area contributed by atoms with Crippen LogP contribution in [-0.4, -0.2) is 31.2 Å². The highest BCUT2D eigenvalue weighted by Gasteiger charge is 2.17. The molecule has 2 unspecified atom stereocenters. The van der Waals surface area contributed by atoms with E-state index in [9.17, 15) is 8.42 Å². The number of aliphatic hydroxyl groups is 2. The molecule has 0 aromatic carbocycles. The highest BCUT2D eigenvalue weighted by molar-refractivity contribution is 7.81. The normalized spacial score (nSPS) is 17.8. The molecular weight excluding hydrogens is 176 g/mol. The van der Waals surface area contributed by atoms with E-state index in [-0.39, 0.29) is 0 Å². The van der Waals surface area contributed by atoms with E-state index in [2.05, 4.69) is 8.37 Å². The van der Waals surface area contributed by atoms with Crippen LogP contribution in [0.4, 0.5) is 0 Å². The maximum Gasteiger partial charge on any atom is 0.404 e. The van der Waals surface area contributed by atoms with Gasteiger partial charge in [0, 0.05) is 0 Å². The lowest BCUT2D eigenvalue weighted by Gasteiger charge is -2.08. The average molecular weight is 186 g/mol. The summed E-state index contributed by atoms with van der Waals surface area (Å²) < 4.78 is 28.8. The highest BCUT2D eigenvalue weighted by Crippen LogP contribution is 2.01. The summed E-state index contributed by atoms with van der Waals surface area (Å²) >= 11 is 0. The molecule has 0 radical (unpaired) electrons. The Labute approximate surface area is 64.7 Å². The van der Waals surface area contributed by atoms with Crippen molar-refractivity contribution in [2.24, 2.45) is 0 Å². The van der Waals surface area contributed by atoms with Gasteiger partial charge in [-0.25, -0.2) is 8.37 Å². The molecule has 2 atom stereocenters. The monoisotopic (exact) mass is 186 g/mol. The molecule has 0 spiro atoms. The Bertz CT molecular complexity index is 177. The first-order valence-electron chi connectivity index (χ1n) is 2.81. The van der Waals surface area contributed by atoms with Crippen molar-refractivity contribution < 1.29 is 27.0 Å². The van der Waals surface area contributed by atoms with Crippen LogP contribution in [0.3, 0.4) is 0 Å². The van der Waals surface area contributed by atoms with Gasteiger partial charge in [-0.05, 0) is 13.8 Å². The molecule has 0 bridgehead atoms. The summed E-state index contributed by atoms with van der Waals surface area (Å²) in [7, 11) is -4.28. The van der Waals surface area contributed by atoms with Crippen molar-refractivity contribution in [3.63, 3.8) is 0 Å². The molecule has 7 heteroatoms. The third-order valence-electron chi connectivity index (χ3n) is 0.514. The second-order valence-electron chi connectivity index (χ2n) is 1.80. The molecule has 0 amide bonds. The molecule has 68 valence electrons. The summed E-state index contributed by atoms with van der Waals surface area (Å²) in [6.07, 6.45) is -2.97. The minimum atomic E-state index is -4.28. The van der Waals surface area contributed by atoms with Gasteiger partial charge in [0.05, 0.1) is 0 Å². The second-order valence-corrected chi connectivity index (χ2v) is 3.00. The van der Waals surface area contributed by atoms with E-state index in [1.165, 1.54) is 0 Å². The maximum atomic E-state index is 10.5. The van der Waals surface area contributed by atoms with Gasteiger partial charge in [-0.15, -0.1) is 0 Å². The van der Waals surface area contributed by atoms with Gasteiger partial charge in [0.1, 0.15) is 0 Å². The average Bonchev–Trinajstić information content (AvgIpc) is 1.53. The standard InChI is InChI=1S/C4H10O6S/c1-3(5)9-11(7,8)10-4(2)6/h3-6H,1-2H3. The maximum absolute atomic E-state index is 10.5. The number of hydrogen-bond acceptors (Lipinski definition) is 6. The summed E-state index contributed by atoms with van der Waals surface area (Å²) in [6.45, 7) is 2.20. The van der Waals surface area contributed by atoms with E-state index in [4.69, 9.17) is 10.2 Å². The third kappa shape index (κ3) is 6.20. The lowest BCUT2D eigenvalue weighted by molar-refractivity contribution is -0.0442. The van der Waals surface area contributed by atoms with Crippen molar-refractivity contribution in [2.45, 2.75) is 26.4 Å². The molecule has 0 aliphatic carbocycles. The Hall–Kier alpha value is -0.210. The van der Waals surface area contributed by atoms with Crippen molar-refractivity contribution in [3.05, 3.63) is 0 Å². The van der Waals surface area contributed by atoms with Crippen molar-refractivity contribution >= 4 is 10.4 Å². The number of aliphatic hydroxyl groups excluding tert-OH is 2. The number of hydrogen-bond donors (Lipinski definition) is 2. The van der Waals surface area contributed by atoms with Gasteiger partial charge >= 0.3 is 10.4 Å². The Morgan fingerprint density at radius 3 is 1.55 bits per heavy atom. The molecule has 0 aliphatic heterocycles. The summed E-state index contributed by atoms with van der Waals surface area (Å²) in [6, 6.07) is 0. The Balaban J connectivity index is 4.03. The Morgan fingerprint density at radius 2 is 1.36 bits per heavy atom. The van der Waals surface area contributed by atoms with Crippen molar-refractivity contribution in [1.29, 1.82) is 0 Å². The Morgan fingerprint density at radius 1 is 1.09 bits per heavy atom. The fourth-order valence-corrected chi connectivity index (χ4v) is 1.09. The van der Waals surface area contributed by atoms with Crippen molar-refractivity contribution in [2.75, 3.05) is 0 Å². The molecule has 0 aliphatic rings. The molecule has 0 saturated carbocycles. The topological polar surface area (TPSA) is 93.1 Å². The van der Waals surface area contributed by atoms with Gasteiger partial charge < -0.3 is 10.2 Å². The van der Waals surface area contributed by atoms with Gasteiger partial charge in [0.2, 0.25) is 0 Å². The largest absolute Gasteiger partial charge is 0.404 e. The summed E-state index contributed by atoms with van der Waals surface area (Å²) in [5, 5.41) is 16.9. The van der Waals surface area contributed by atoms with Crippen molar-refractivity contribution in [1.82, 2.24) is 0 Å². The lowest BCUT2D eigenvalue weighted by Crippen LogP contribution is -2.21. The van der Waals surface area contributed by atoms with Gasteiger partial charge in [0.25, 0.3) is 0 Å². The van der Waals surface area contributed by atoms with Crippen LogP contribution in [0.2, 0.25) is 0 Å². The van der Waals surface area contributed by atoms with Crippen LogP contribution in [0.15, 0.2) is 0 Å². The third-order valence-corrected chi connectivity index (χ3v) is 1.54. The van der Waals surface area contributed by atoms with Gasteiger partial charge in [-0.2, -0.15) is 8.42 Å². The molecule has 2 N–H and O–H groups in total. The van der Waals surface area contributed by atoms with Crippen LogP contribution in [0, 0.1) is 0 Å². The van der Waals surface area contributed by atoms with Crippen molar-refractivity contribution in [3.8, 4) is 0 Å². The first-order chi connectivity index (χ1) is 4.83. The summed E-state index contributed by atoms with van der Waals surface area (Å²) in [4.78, 5) is 0. The Kier molecular flexibility index (Phi) is 3.90. The zero-order valence-corrected chi connectivity index (χ0v) is 6.91. The SMILES string of the molecule is CC(O)OS(=O)(=O)OC(C)O. The smallest absolute Gasteiger partial charge is 0.367 e. The minimum Gasteiger partial charge on any atom is -0.367 e. The molecule has 11 heavy (non-hydrogen) atoms. The molecule has 0 aromatic rings. The van der Waals surface area contributed by atoms with Crippen LogP contribution in [0.25, 0.3) is 0 Å². The molecule has 0 aromatic heterocycles. The van der Waals surface area contributed by atoms with E-state index < -0.39 is 23.0 Å². The van der Waals surface area contributed by atoms with E-state index in [1.54, 1.807) is 0 Å². The summed E-state index contributed by atoms with van der Waals surface area (Å²) in [5.74, 6) is 0. The zero-order valence-electron chi connectivity index (χ0n) is 6.09. The number of rotatable bonds is 4. The first kappa shape index (κ1) is 10.8. The fourth-order valence-electron chi connectivity index (χ4n) is 0.364. The van der Waals surface area contributed by atoms with E-state index >= 15 is 0 Å². The summed E-state index contributed by atoms with van der Waals surface area (Å²) in [5.41, 5.74) is 0. The van der Waals surface area contributed by atoms with Gasteiger partial charge in [0.15, 0.2) is 12.6 Å². The fraction of sp³-hybridized carbons (Fsp3) is 1.00. The van der Waals surface area contributed by atoms with Crippen LogP contribution in [-0.2, 0) is 18.8 Å². The molecule has 0 heterocycles. The second kappa shape index (κ2) is 3.98. The highest BCUT2D eigenvalue weighted by atomic mass is 32.3. The van der Waals surface area contributed by atoms with Crippen LogP contribution < -0.4 is 0 Å². The van der Waals surface area contributed by atoms with E-state index in [1.807, 2.05) is 0 Å². The van der Waals surface area contributed by atoms with Crippen LogP contribution >= 0.6 is 0 Å². The first-order valence-corrected chi connectivity index (χ1v) is 4.14. The van der Waals surface area contributed by atoms with E-state index in [0.29, 0.717) is 0 Å². The van der Waals surface area contributed by atoms with E-state index in [0.717, 1.165) is 13.8 Å².